The van der Waals surface area contributed by atoms with Gasteiger partial charge in [0.15, 0.2) is 0 Å². The summed E-state index contributed by atoms with van der Waals surface area (Å²) in [6.45, 7) is 6.96. The summed E-state index contributed by atoms with van der Waals surface area (Å²) in [6.07, 6.45) is 2.69. The van der Waals surface area contributed by atoms with Gasteiger partial charge in [-0.15, -0.1) is 0 Å². The van der Waals surface area contributed by atoms with E-state index in [0.29, 0.717) is 25.6 Å². The lowest BCUT2D eigenvalue weighted by molar-refractivity contribution is 0.118. The molecule has 1 aromatic heterocycles. The molecule has 2 heterocycles. The summed E-state index contributed by atoms with van der Waals surface area (Å²) in [5.74, 6) is 3.05. The molecule has 3 N–H and O–H groups in total. The highest BCUT2D eigenvalue weighted by Crippen LogP contribution is 2.26. The van der Waals surface area contributed by atoms with Crippen LogP contribution >= 0.6 is 0 Å². The number of aromatic nitrogens is 2. The van der Waals surface area contributed by atoms with Crippen molar-refractivity contribution in [1.29, 1.82) is 0 Å². The summed E-state index contributed by atoms with van der Waals surface area (Å²) in [5.41, 5.74) is 7.24. The Morgan fingerprint density at radius 3 is 2.71 bits per heavy atom. The SMILES string of the molecule is CO[C@H]1C[C@@H](CN)N(c2cc(NCCOc3ccc(C(C)C)cc3)ncn2)C1. The van der Waals surface area contributed by atoms with Crippen molar-refractivity contribution in [2.45, 2.75) is 38.3 Å². The van der Waals surface area contributed by atoms with E-state index in [1.165, 1.54) is 5.56 Å². The topological polar surface area (TPSA) is 85.5 Å². The second kappa shape index (κ2) is 9.71. The van der Waals surface area contributed by atoms with Crippen LogP contribution in [0.4, 0.5) is 11.6 Å². The number of nitrogens with one attached hydrogen (secondary N) is 1. The van der Waals surface area contributed by atoms with Crippen molar-refractivity contribution in [2.75, 3.05) is 43.6 Å². The molecule has 0 unspecified atom stereocenters. The van der Waals surface area contributed by atoms with Gasteiger partial charge in [-0.05, 0) is 30.0 Å². The molecular weight excluding hydrogens is 354 g/mol. The van der Waals surface area contributed by atoms with Gasteiger partial charge in [0.2, 0.25) is 0 Å². The third-order valence-corrected chi connectivity index (χ3v) is 5.15. The average molecular weight is 386 g/mol. The maximum atomic E-state index is 5.92. The Morgan fingerprint density at radius 1 is 1.25 bits per heavy atom. The average Bonchev–Trinajstić information content (AvgIpc) is 3.15. The molecule has 0 radical (unpaired) electrons. The van der Waals surface area contributed by atoms with E-state index < -0.39 is 0 Å². The summed E-state index contributed by atoms with van der Waals surface area (Å²) in [7, 11) is 1.74. The number of hydrogen-bond acceptors (Lipinski definition) is 7. The van der Waals surface area contributed by atoms with Crippen molar-refractivity contribution in [3.8, 4) is 5.75 Å². The number of nitrogens with two attached hydrogens (primary N) is 1. The first-order valence-electron chi connectivity index (χ1n) is 9.89. The number of hydrogen-bond donors (Lipinski definition) is 2. The third-order valence-electron chi connectivity index (χ3n) is 5.15. The van der Waals surface area contributed by atoms with Gasteiger partial charge < -0.3 is 25.4 Å². The van der Waals surface area contributed by atoms with E-state index in [2.05, 4.69) is 46.2 Å². The normalized spacial score (nSPS) is 19.2. The van der Waals surface area contributed by atoms with Gasteiger partial charge in [0.1, 0.15) is 30.3 Å². The zero-order valence-electron chi connectivity index (χ0n) is 17.0. The Labute approximate surface area is 167 Å². The zero-order valence-corrected chi connectivity index (χ0v) is 17.0. The van der Waals surface area contributed by atoms with E-state index in [0.717, 1.165) is 30.4 Å². The Hall–Kier alpha value is -2.38. The summed E-state index contributed by atoms with van der Waals surface area (Å²) in [5, 5.41) is 3.30. The summed E-state index contributed by atoms with van der Waals surface area (Å²) < 4.78 is 11.3. The van der Waals surface area contributed by atoms with Crippen LogP contribution in [0, 0.1) is 0 Å². The van der Waals surface area contributed by atoms with Crippen LogP contribution in [-0.2, 0) is 4.74 Å². The Bertz CT molecular complexity index is 738. The Balaban J connectivity index is 1.51. The molecule has 1 aromatic carbocycles. The van der Waals surface area contributed by atoms with E-state index in [-0.39, 0.29) is 12.1 Å². The second-order valence-electron chi connectivity index (χ2n) is 7.40. The first-order chi connectivity index (χ1) is 13.6. The molecule has 1 aliphatic heterocycles. The zero-order chi connectivity index (χ0) is 19.9. The molecule has 1 saturated heterocycles. The van der Waals surface area contributed by atoms with E-state index in [1.54, 1.807) is 13.4 Å². The molecule has 0 bridgehead atoms. The van der Waals surface area contributed by atoms with Crippen molar-refractivity contribution >= 4 is 11.6 Å². The number of methoxy groups -OCH3 is 1. The molecule has 3 rings (SSSR count). The van der Waals surface area contributed by atoms with Gasteiger partial charge in [-0.25, -0.2) is 9.97 Å². The Kier molecular flexibility index (Phi) is 7.06. The van der Waals surface area contributed by atoms with Gasteiger partial charge in [0.05, 0.1) is 12.6 Å². The van der Waals surface area contributed by atoms with Gasteiger partial charge in [-0.3, -0.25) is 0 Å². The first-order valence-corrected chi connectivity index (χ1v) is 9.89. The lowest BCUT2D eigenvalue weighted by atomic mass is 10.0. The van der Waals surface area contributed by atoms with Crippen LogP contribution in [0.25, 0.3) is 0 Å². The highest BCUT2D eigenvalue weighted by atomic mass is 16.5. The van der Waals surface area contributed by atoms with Crippen molar-refractivity contribution < 1.29 is 9.47 Å². The van der Waals surface area contributed by atoms with Crippen molar-refractivity contribution in [1.82, 2.24) is 9.97 Å². The van der Waals surface area contributed by atoms with Crippen LogP contribution in [0.2, 0.25) is 0 Å². The molecule has 0 amide bonds. The minimum absolute atomic E-state index is 0.190. The maximum Gasteiger partial charge on any atom is 0.134 e. The van der Waals surface area contributed by atoms with Gasteiger partial charge in [0.25, 0.3) is 0 Å². The van der Waals surface area contributed by atoms with Gasteiger partial charge in [-0.2, -0.15) is 0 Å². The fraction of sp³-hybridized carbons (Fsp3) is 0.524. The predicted molar refractivity (Wildman–Crippen MR) is 112 cm³/mol. The van der Waals surface area contributed by atoms with E-state index in [1.807, 2.05) is 18.2 Å². The lowest BCUT2D eigenvalue weighted by Crippen LogP contribution is -2.36. The summed E-state index contributed by atoms with van der Waals surface area (Å²) >= 11 is 0. The third kappa shape index (κ3) is 5.11. The largest absolute Gasteiger partial charge is 0.492 e. The predicted octanol–water partition coefficient (Wildman–Crippen LogP) is 2.64. The van der Waals surface area contributed by atoms with Crippen LogP contribution in [0.1, 0.15) is 31.7 Å². The first kappa shape index (κ1) is 20.4. The number of anilines is 2. The number of nitrogens with zero attached hydrogens (tertiary/aromatic N) is 3. The lowest BCUT2D eigenvalue weighted by Gasteiger charge is -2.24. The molecule has 0 saturated carbocycles. The number of rotatable bonds is 9. The molecule has 1 aliphatic rings. The number of ether oxygens (including phenoxy) is 2. The monoisotopic (exact) mass is 385 g/mol. The molecule has 7 heteroatoms. The number of benzene rings is 1. The molecule has 2 aromatic rings. The van der Waals surface area contributed by atoms with Crippen molar-refractivity contribution in [3.63, 3.8) is 0 Å². The second-order valence-corrected chi connectivity index (χ2v) is 7.40. The molecule has 2 atom stereocenters. The van der Waals surface area contributed by atoms with Gasteiger partial charge in [-0.1, -0.05) is 26.0 Å². The van der Waals surface area contributed by atoms with Crippen LogP contribution in [0.15, 0.2) is 36.7 Å². The Morgan fingerprint density at radius 2 is 2.04 bits per heavy atom. The fourth-order valence-electron chi connectivity index (χ4n) is 3.45. The smallest absolute Gasteiger partial charge is 0.134 e. The minimum Gasteiger partial charge on any atom is -0.492 e. The van der Waals surface area contributed by atoms with Crippen LogP contribution in [-0.4, -0.2) is 55.5 Å². The van der Waals surface area contributed by atoms with Gasteiger partial charge in [0, 0.05) is 32.3 Å². The van der Waals surface area contributed by atoms with E-state index in [4.69, 9.17) is 15.2 Å². The quantitative estimate of drug-likeness (QED) is 0.642. The molecule has 152 valence electrons. The molecule has 28 heavy (non-hydrogen) atoms. The molecule has 1 fully saturated rings. The van der Waals surface area contributed by atoms with Crippen molar-refractivity contribution in [3.05, 3.63) is 42.2 Å². The highest BCUT2D eigenvalue weighted by Gasteiger charge is 2.32. The van der Waals surface area contributed by atoms with Gasteiger partial charge >= 0.3 is 0 Å². The minimum atomic E-state index is 0.190. The van der Waals surface area contributed by atoms with Crippen LogP contribution in [0.5, 0.6) is 5.75 Å². The highest BCUT2D eigenvalue weighted by molar-refractivity contribution is 5.50. The molecular formula is C21H31N5O2. The summed E-state index contributed by atoms with van der Waals surface area (Å²) in [4.78, 5) is 10.9. The van der Waals surface area contributed by atoms with Crippen LogP contribution < -0.4 is 20.7 Å². The molecule has 0 spiro atoms. The fourth-order valence-corrected chi connectivity index (χ4v) is 3.45. The maximum absolute atomic E-state index is 5.92. The summed E-state index contributed by atoms with van der Waals surface area (Å²) in [6, 6.07) is 10.5. The van der Waals surface area contributed by atoms with Crippen molar-refractivity contribution in [2.24, 2.45) is 5.73 Å². The van der Waals surface area contributed by atoms with E-state index >= 15 is 0 Å². The standard InChI is InChI=1S/C21H31N5O2/c1-15(2)16-4-6-18(7-5-16)28-9-8-23-20-11-21(25-14-24-20)26-13-19(27-3)10-17(26)12-22/h4-7,11,14-15,17,19H,8-10,12-13,22H2,1-3H3,(H,23,24,25)/t17-,19-/m0/s1. The molecule has 7 nitrogen and oxygen atoms in total. The van der Waals surface area contributed by atoms with Crippen LogP contribution in [0.3, 0.4) is 0 Å². The van der Waals surface area contributed by atoms with E-state index in [9.17, 15) is 0 Å². The molecule has 0 aliphatic carbocycles.